The van der Waals surface area contributed by atoms with E-state index in [2.05, 4.69) is 100.0 Å². The Bertz CT molecular complexity index is 1670. The standard InChI is InChI=1S/C34H37N5O2/c40-33(30-12-16-35-21-31(30)26-7-2-1-3-8-26)38-18-14-34(41,15-19-38)23-37-22-28-13-17-39(32(28)36-24-37)29-11-10-25-6-4-5-9-27(25)20-29/h1-11,13,17,20,22,30-31,35,41H,12,14-16,18-19,21,23-24H2/t30-,31+/m1/s1. The molecule has 2 N–H and O–H groups in total. The number of likely N-dealkylation sites (tertiary alicyclic amines) is 1. The van der Waals surface area contributed by atoms with Gasteiger partial charge in [-0.05, 0) is 60.3 Å². The maximum absolute atomic E-state index is 13.6. The van der Waals surface area contributed by atoms with E-state index in [4.69, 9.17) is 4.99 Å². The van der Waals surface area contributed by atoms with E-state index < -0.39 is 5.60 Å². The number of hydrogen-bond acceptors (Lipinski definition) is 5. The molecule has 0 spiro atoms. The molecule has 210 valence electrons. The molecule has 41 heavy (non-hydrogen) atoms. The fraction of sp³-hybridized carbons (Fsp3) is 0.353. The molecule has 3 aromatic carbocycles. The number of aromatic nitrogens is 1. The first-order chi connectivity index (χ1) is 20.1. The third-order valence-electron chi connectivity index (χ3n) is 9.15. The van der Waals surface area contributed by atoms with E-state index in [1.165, 1.54) is 16.3 Å². The molecule has 7 nitrogen and oxygen atoms in total. The highest BCUT2D eigenvalue weighted by molar-refractivity contribution is 5.84. The first-order valence-electron chi connectivity index (χ1n) is 14.8. The molecule has 7 rings (SSSR count). The Hall–Kier alpha value is -3.94. The van der Waals surface area contributed by atoms with Crippen LogP contribution < -0.4 is 16.0 Å². The summed E-state index contributed by atoms with van der Waals surface area (Å²) >= 11 is 0. The SMILES string of the molecule is O=C([C@@H]1CCNC[C@H]1c1ccccc1)N1CCC(O)(CN2C=c3ccn(-c4ccc5ccccc5c4)c3=NC2)CC1. The van der Waals surface area contributed by atoms with Crippen molar-refractivity contribution in [1.82, 2.24) is 19.7 Å². The van der Waals surface area contributed by atoms with E-state index in [0.29, 0.717) is 39.1 Å². The average Bonchev–Trinajstić information content (AvgIpc) is 3.44. The number of fused-ring (bicyclic) bond motifs is 2. The van der Waals surface area contributed by atoms with Gasteiger partial charge in [0.2, 0.25) is 5.91 Å². The van der Waals surface area contributed by atoms with Crippen molar-refractivity contribution >= 4 is 22.9 Å². The van der Waals surface area contributed by atoms with Crippen molar-refractivity contribution in [3.05, 3.63) is 101 Å². The molecule has 2 atom stereocenters. The molecule has 0 aliphatic carbocycles. The van der Waals surface area contributed by atoms with Gasteiger partial charge in [-0.3, -0.25) is 4.79 Å². The van der Waals surface area contributed by atoms with E-state index >= 15 is 0 Å². The van der Waals surface area contributed by atoms with Gasteiger partial charge in [-0.25, -0.2) is 4.99 Å². The van der Waals surface area contributed by atoms with Crippen molar-refractivity contribution in [3.8, 4) is 5.69 Å². The predicted octanol–water partition coefficient (Wildman–Crippen LogP) is 3.01. The quantitative estimate of drug-likeness (QED) is 0.403. The summed E-state index contributed by atoms with van der Waals surface area (Å²) in [6, 6.07) is 27.3. The Morgan fingerprint density at radius 1 is 0.976 bits per heavy atom. The summed E-state index contributed by atoms with van der Waals surface area (Å²) in [5.74, 6) is 0.421. The zero-order valence-electron chi connectivity index (χ0n) is 23.3. The second-order valence-corrected chi connectivity index (χ2v) is 11.8. The molecule has 3 aliphatic heterocycles. The largest absolute Gasteiger partial charge is 0.388 e. The summed E-state index contributed by atoms with van der Waals surface area (Å²) in [6.45, 7) is 3.90. The van der Waals surface area contributed by atoms with Crippen molar-refractivity contribution in [2.75, 3.05) is 39.4 Å². The smallest absolute Gasteiger partial charge is 0.226 e. The Morgan fingerprint density at radius 2 is 1.76 bits per heavy atom. The fourth-order valence-corrected chi connectivity index (χ4v) is 6.85. The van der Waals surface area contributed by atoms with Gasteiger partial charge in [-0.1, -0.05) is 60.7 Å². The topological polar surface area (TPSA) is 73.1 Å². The van der Waals surface area contributed by atoms with Crippen molar-refractivity contribution in [2.24, 2.45) is 10.9 Å². The number of nitrogens with zero attached hydrogens (tertiary/aromatic N) is 4. The van der Waals surface area contributed by atoms with Crippen LogP contribution in [0, 0.1) is 5.92 Å². The maximum Gasteiger partial charge on any atom is 0.226 e. The van der Waals surface area contributed by atoms with Crippen LogP contribution in [-0.4, -0.2) is 70.4 Å². The van der Waals surface area contributed by atoms with E-state index in [9.17, 15) is 9.90 Å². The number of aliphatic hydroxyl groups is 1. The second-order valence-electron chi connectivity index (χ2n) is 11.8. The van der Waals surface area contributed by atoms with E-state index in [1.54, 1.807) is 0 Å². The summed E-state index contributed by atoms with van der Waals surface area (Å²) in [5.41, 5.74) is 2.42. The van der Waals surface area contributed by atoms with Gasteiger partial charge in [0, 0.05) is 61.3 Å². The van der Waals surface area contributed by atoms with Gasteiger partial charge in [-0.15, -0.1) is 0 Å². The predicted molar refractivity (Wildman–Crippen MR) is 161 cm³/mol. The minimum absolute atomic E-state index is 0.0101. The number of piperidine rings is 2. The number of nitrogens with one attached hydrogen (secondary N) is 1. The molecular weight excluding hydrogens is 510 g/mol. The lowest BCUT2D eigenvalue weighted by atomic mass is 9.80. The van der Waals surface area contributed by atoms with Crippen molar-refractivity contribution in [2.45, 2.75) is 30.8 Å². The Balaban J connectivity index is 1.01. The summed E-state index contributed by atoms with van der Waals surface area (Å²) in [5, 5.41) is 18.5. The lowest BCUT2D eigenvalue weighted by Gasteiger charge is -2.43. The van der Waals surface area contributed by atoms with Gasteiger partial charge < -0.3 is 24.8 Å². The zero-order valence-corrected chi connectivity index (χ0v) is 23.3. The number of rotatable bonds is 5. The normalized spacial score (nSPS) is 22.1. The molecule has 0 radical (unpaired) electrons. The van der Waals surface area contributed by atoms with Crippen LogP contribution in [0.25, 0.3) is 22.7 Å². The molecule has 0 unspecified atom stereocenters. The first-order valence-corrected chi connectivity index (χ1v) is 14.8. The molecule has 1 aromatic heterocycles. The molecule has 4 aromatic rings. The average molecular weight is 548 g/mol. The summed E-state index contributed by atoms with van der Waals surface area (Å²) in [4.78, 5) is 22.7. The Morgan fingerprint density at radius 3 is 2.59 bits per heavy atom. The van der Waals surface area contributed by atoms with Crippen LogP contribution in [0.1, 0.15) is 30.7 Å². The number of carbonyl (C=O) groups excluding carboxylic acids is 1. The van der Waals surface area contributed by atoms with Gasteiger partial charge in [0.05, 0.1) is 5.60 Å². The second kappa shape index (κ2) is 10.8. The Kier molecular flexibility index (Phi) is 6.85. The zero-order chi connectivity index (χ0) is 27.8. The first kappa shape index (κ1) is 26.0. The van der Waals surface area contributed by atoms with Crippen molar-refractivity contribution in [3.63, 3.8) is 0 Å². The van der Waals surface area contributed by atoms with Crippen LogP contribution in [-0.2, 0) is 4.79 Å². The monoisotopic (exact) mass is 547 g/mol. The highest BCUT2D eigenvalue weighted by Crippen LogP contribution is 2.33. The van der Waals surface area contributed by atoms with Gasteiger partial charge in [-0.2, -0.15) is 0 Å². The van der Waals surface area contributed by atoms with Crippen LogP contribution in [0.4, 0.5) is 0 Å². The van der Waals surface area contributed by atoms with Crippen molar-refractivity contribution < 1.29 is 9.90 Å². The summed E-state index contributed by atoms with van der Waals surface area (Å²) in [6.07, 6.45) is 6.20. The van der Waals surface area contributed by atoms with Gasteiger partial charge in [0.15, 0.2) is 0 Å². The molecule has 4 heterocycles. The van der Waals surface area contributed by atoms with Crippen LogP contribution >= 0.6 is 0 Å². The highest BCUT2D eigenvalue weighted by Gasteiger charge is 2.39. The van der Waals surface area contributed by atoms with Crippen molar-refractivity contribution in [1.29, 1.82) is 0 Å². The number of carbonyl (C=O) groups is 1. The van der Waals surface area contributed by atoms with E-state index in [0.717, 1.165) is 35.9 Å². The van der Waals surface area contributed by atoms with E-state index in [-0.39, 0.29) is 17.7 Å². The molecule has 0 saturated carbocycles. The number of β-amino-alcohol motifs (C(OH)–C–C–N with tert-alkyl or cyclic N) is 1. The lowest BCUT2D eigenvalue weighted by Crippen LogP contribution is -2.54. The molecule has 1 amide bonds. The third kappa shape index (κ3) is 5.16. The molecule has 2 saturated heterocycles. The number of hydrogen-bond donors (Lipinski definition) is 2. The highest BCUT2D eigenvalue weighted by atomic mass is 16.3. The minimum Gasteiger partial charge on any atom is -0.388 e. The summed E-state index contributed by atoms with van der Waals surface area (Å²) < 4.78 is 2.14. The molecule has 0 bridgehead atoms. The Labute approximate surface area is 240 Å². The maximum atomic E-state index is 13.6. The fourth-order valence-electron chi connectivity index (χ4n) is 6.85. The lowest BCUT2D eigenvalue weighted by molar-refractivity contribution is -0.141. The molecule has 7 heteroatoms. The van der Waals surface area contributed by atoms with Crippen LogP contribution in [0.15, 0.2) is 90.1 Å². The third-order valence-corrected chi connectivity index (χ3v) is 9.15. The molecular formula is C34H37N5O2. The molecule has 2 fully saturated rings. The van der Waals surface area contributed by atoms with Crippen LogP contribution in [0.3, 0.4) is 0 Å². The minimum atomic E-state index is -0.839. The van der Waals surface area contributed by atoms with Gasteiger partial charge >= 0.3 is 0 Å². The van der Waals surface area contributed by atoms with Gasteiger partial charge in [0.25, 0.3) is 0 Å². The van der Waals surface area contributed by atoms with E-state index in [1.807, 2.05) is 11.0 Å². The van der Waals surface area contributed by atoms with Crippen LogP contribution in [0.2, 0.25) is 0 Å². The molecule has 3 aliphatic rings. The number of benzene rings is 3. The summed E-state index contributed by atoms with van der Waals surface area (Å²) in [7, 11) is 0. The number of amides is 1. The van der Waals surface area contributed by atoms with Crippen LogP contribution in [0.5, 0.6) is 0 Å². The van der Waals surface area contributed by atoms with Gasteiger partial charge in [0.1, 0.15) is 12.2 Å².